The maximum absolute atomic E-state index is 12.6. The molecular formula is C23H28N4O3. The molecule has 1 aliphatic heterocycles. The molecule has 7 nitrogen and oxygen atoms in total. The number of urea groups is 1. The third kappa shape index (κ3) is 4.56. The van der Waals surface area contributed by atoms with Crippen LogP contribution in [0.5, 0.6) is 0 Å². The van der Waals surface area contributed by atoms with Crippen LogP contribution in [0, 0.1) is 0 Å². The van der Waals surface area contributed by atoms with Gasteiger partial charge in [-0.05, 0) is 50.2 Å². The topological polar surface area (TPSA) is 94.3 Å². The van der Waals surface area contributed by atoms with E-state index in [1.54, 1.807) is 0 Å². The molecule has 4 amide bonds. The number of hydrogen-bond donors (Lipinski definition) is 3. The summed E-state index contributed by atoms with van der Waals surface area (Å²) in [7, 11) is 0. The molecule has 158 valence electrons. The number of carbonyl (C=O) groups excluding carboxylic acids is 3. The molecule has 1 aromatic carbocycles. The van der Waals surface area contributed by atoms with E-state index in [0.717, 1.165) is 35.7 Å². The van der Waals surface area contributed by atoms with Crippen LogP contribution in [0.2, 0.25) is 0 Å². The molecule has 0 spiro atoms. The summed E-state index contributed by atoms with van der Waals surface area (Å²) >= 11 is 0. The van der Waals surface area contributed by atoms with Crippen molar-refractivity contribution in [3.8, 4) is 0 Å². The van der Waals surface area contributed by atoms with Crippen molar-refractivity contribution in [2.24, 2.45) is 0 Å². The fraction of sp³-hybridized carbons (Fsp3) is 0.435. The first-order chi connectivity index (χ1) is 14.6. The minimum absolute atomic E-state index is 0.0206. The number of H-pyrrole nitrogens is 1. The second-order valence-electron chi connectivity index (χ2n) is 8.01. The predicted octanol–water partition coefficient (Wildman–Crippen LogP) is 3.03. The fourth-order valence-electron chi connectivity index (χ4n) is 4.25. The molecule has 1 atom stereocenters. The number of aromatic amines is 1. The van der Waals surface area contributed by atoms with Gasteiger partial charge < -0.3 is 15.6 Å². The lowest BCUT2D eigenvalue weighted by Crippen LogP contribution is -2.37. The summed E-state index contributed by atoms with van der Waals surface area (Å²) in [4.78, 5) is 41.6. The Bertz CT molecular complexity index is 978. The largest absolute Gasteiger partial charge is 0.361 e. The predicted molar refractivity (Wildman–Crippen MR) is 115 cm³/mol. The molecule has 7 heteroatoms. The van der Waals surface area contributed by atoms with E-state index in [0.29, 0.717) is 19.5 Å². The number of benzene rings is 1. The van der Waals surface area contributed by atoms with E-state index in [2.05, 4.69) is 21.7 Å². The number of aromatic nitrogens is 1. The molecule has 4 rings (SSSR count). The number of nitrogens with one attached hydrogen (secondary N) is 3. The second-order valence-corrected chi connectivity index (χ2v) is 8.01. The van der Waals surface area contributed by atoms with Gasteiger partial charge in [-0.15, -0.1) is 0 Å². The van der Waals surface area contributed by atoms with Gasteiger partial charge in [-0.1, -0.05) is 29.8 Å². The Hall–Kier alpha value is -3.09. The molecule has 1 aliphatic carbocycles. The first-order valence-electron chi connectivity index (χ1n) is 10.7. The van der Waals surface area contributed by atoms with Gasteiger partial charge in [-0.2, -0.15) is 0 Å². The summed E-state index contributed by atoms with van der Waals surface area (Å²) in [5.41, 5.74) is 3.49. The highest BCUT2D eigenvalue weighted by Crippen LogP contribution is 2.20. The van der Waals surface area contributed by atoms with Crippen LogP contribution in [-0.4, -0.2) is 46.9 Å². The van der Waals surface area contributed by atoms with Gasteiger partial charge in [0.05, 0.1) is 6.42 Å². The van der Waals surface area contributed by atoms with E-state index in [1.165, 1.54) is 23.3 Å². The van der Waals surface area contributed by atoms with Crippen LogP contribution in [0.4, 0.5) is 4.79 Å². The van der Waals surface area contributed by atoms with Crippen molar-refractivity contribution in [1.82, 2.24) is 20.5 Å². The number of nitrogens with zero attached hydrogens (tertiary/aromatic N) is 1. The Morgan fingerprint density at radius 2 is 2.03 bits per heavy atom. The third-order valence-corrected chi connectivity index (χ3v) is 5.93. The lowest BCUT2D eigenvalue weighted by molar-refractivity contribution is -0.130. The monoisotopic (exact) mass is 408 g/mol. The van der Waals surface area contributed by atoms with Crippen LogP contribution in [0.25, 0.3) is 10.9 Å². The first kappa shape index (κ1) is 20.2. The molecule has 1 fully saturated rings. The van der Waals surface area contributed by atoms with E-state index in [1.807, 2.05) is 30.5 Å². The van der Waals surface area contributed by atoms with Crippen LogP contribution in [0.3, 0.4) is 0 Å². The number of allylic oxidation sites excluding steroid dienone is 1. The van der Waals surface area contributed by atoms with Gasteiger partial charge in [0.1, 0.15) is 6.04 Å². The fourth-order valence-corrected chi connectivity index (χ4v) is 4.25. The molecule has 2 heterocycles. The second kappa shape index (κ2) is 9.15. The summed E-state index contributed by atoms with van der Waals surface area (Å²) in [6.45, 7) is 0.864. The summed E-state index contributed by atoms with van der Waals surface area (Å²) in [6, 6.07) is 6.73. The summed E-state index contributed by atoms with van der Waals surface area (Å²) in [6.07, 6.45) is 10.3. The van der Waals surface area contributed by atoms with Gasteiger partial charge in [0.15, 0.2) is 0 Å². The number of imide groups is 1. The van der Waals surface area contributed by atoms with Gasteiger partial charge in [0.25, 0.3) is 5.91 Å². The molecule has 0 radical (unpaired) electrons. The Balaban J connectivity index is 1.26. The van der Waals surface area contributed by atoms with Crippen LogP contribution in [0.15, 0.2) is 42.1 Å². The average molecular weight is 409 g/mol. The van der Waals surface area contributed by atoms with E-state index in [9.17, 15) is 14.4 Å². The molecule has 2 aliphatic rings. The lowest BCUT2D eigenvalue weighted by atomic mass is 9.97. The standard InChI is InChI=1S/C23H28N4O3/c28-21(24-12-10-16-6-2-1-3-7-16)14-20-22(29)27(23(30)26-20)13-11-17-15-25-19-9-5-4-8-18(17)19/h4-6,8-9,15,20,25H,1-3,7,10-14H2,(H,24,28)(H,26,30)/t20-/m0/s1. The Morgan fingerprint density at radius 3 is 2.87 bits per heavy atom. The highest BCUT2D eigenvalue weighted by atomic mass is 16.2. The zero-order valence-electron chi connectivity index (χ0n) is 17.1. The van der Waals surface area contributed by atoms with Crippen molar-refractivity contribution in [3.63, 3.8) is 0 Å². The lowest BCUT2D eigenvalue weighted by Gasteiger charge is -2.14. The number of hydrogen-bond acceptors (Lipinski definition) is 3. The van der Waals surface area contributed by atoms with Crippen molar-refractivity contribution in [2.45, 2.75) is 51.0 Å². The summed E-state index contributed by atoms with van der Waals surface area (Å²) in [5.74, 6) is -0.534. The van der Waals surface area contributed by atoms with Gasteiger partial charge in [-0.3, -0.25) is 14.5 Å². The van der Waals surface area contributed by atoms with Crippen molar-refractivity contribution < 1.29 is 14.4 Å². The summed E-state index contributed by atoms with van der Waals surface area (Å²) < 4.78 is 0. The zero-order chi connectivity index (χ0) is 20.9. The van der Waals surface area contributed by atoms with Gasteiger partial charge in [-0.25, -0.2) is 4.79 Å². The molecular weight excluding hydrogens is 380 g/mol. The van der Waals surface area contributed by atoms with Gasteiger partial charge >= 0.3 is 6.03 Å². The minimum atomic E-state index is -0.783. The van der Waals surface area contributed by atoms with E-state index >= 15 is 0 Å². The highest BCUT2D eigenvalue weighted by Gasteiger charge is 2.38. The molecule has 0 unspecified atom stereocenters. The van der Waals surface area contributed by atoms with Gasteiger partial charge in [0, 0.05) is 30.2 Å². The SMILES string of the molecule is O=C(C[C@@H]1NC(=O)N(CCc2c[nH]c3ccccc23)C1=O)NCCC1=CCCCC1. The third-order valence-electron chi connectivity index (χ3n) is 5.93. The number of carbonyl (C=O) groups is 3. The maximum Gasteiger partial charge on any atom is 0.324 e. The van der Waals surface area contributed by atoms with E-state index in [4.69, 9.17) is 0 Å². The number of para-hydroxylation sites is 1. The maximum atomic E-state index is 12.6. The van der Waals surface area contributed by atoms with E-state index in [-0.39, 0.29) is 18.2 Å². The molecule has 1 saturated heterocycles. The number of fused-ring (bicyclic) bond motifs is 1. The minimum Gasteiger partial charge on any atom is -0.361 e. The molecule has 1 aromatic heterocycles. The number of rotatable bonds is 8. The van der Waals surface area contributed by atoms with Crippen LogP contribution >= 0.6 is 0 Å². The normalized spacial score (nSPS) is 19.1. The van der Waals surface area contributed by atoms with Crippen LogP contribution < -0.4 is 10.6 Å². The molecule has 30 heavy (non-hydrogen) atoms. The van der Waals surface area contributed by atoms with Crippen LogP contribution in [-0.2, 0) is 16.0 Å². The highest BCUT2D eigenvalue weighted by molar-refractivity contribution is 6.05. The van der Waals surface area contributed by atoms with Crippen molar-refractivity contribution in [3.05, 3.63) is 47.7 Å². The molecule has 0 bridgehead atoms. The van der Waals surface area contributed by atoms with Crippen LogP contribution in [0.1, 0.15) is 44.1 Å². The molecule has 3 N–H and O–H groups in total. The number of amides is 4. The smallest absolute Gasteiger partial charge is 0.324 e. The summed E-state index contributed by atoms with van der Waals surface area (Å²) in [5, 5.41) is 6.62. The van der Waals surface area contributed by atoms with E-state index < -0.39 is 12.1 Å². The average Bonchev–Trinajstić information content (AvgIpc) is 3.28. The van der Waals surface area contributed by atoms with Gasteiger partial charge in [0.2, 0.25) is 5.91 Å². The Labute approximate surface area is 175 Å². The Kier molecular flexibility index (Phi) is 6.16. The van der Waals surface area contributed by atoms with Crippen molar-refractivity contribution in [2.75, 3.05) is 13.1 Å². The van der Waals surface area contributed by atoms with Crippen molar-refractivity contribution >= 4 is 28.7 Å². The van der Waals surface area contributed by atoms with Crippen molar-refractivity contribution in [1.29, 1.82) is 0 Å². The first-order valence-corrected chi connectivity index (χ1v) is 10.7. The Morgan fingerprint density at radius 1 is 1.17 bits per heavy atom. The molecule has 2 aromatic rings. The quantitative estimate of drug-likeness (QED) is 0.463. The zero-order valence-corrected chi connectivity index (χ0v) is 17.1. The molecule has 0 saturated carbocycles.